The lowest BCUT2D eigenvalue weighted by molar-refractivity contribution is 0.594. The average Bonchev–Trinajstić information content (AvgIpc) is 2.42. The van der Waals surface area contributed by atoms with Crippen molar-refractivity contribution in [2.24, 2.45) is 0 Å². The molecule has 5 nitrogen and oxygen atoms in total. The maximum absolute atomic E-state index is 12.6. The van der Waals surface area contributed by atoms with E-state index in [1.165, 1.54) is 25.5 Å². The summed E-state index contributed by atoms with van der Waals surface area (Å²) in [5.41, 5.74) is 7.39. The van der Waals surface area contributed by atoms with E-state index in [0.29, 0.717) is 11.4 Å². The third kappa shape index (κ3) is 2.57. The molecule has 0 aliphatic rings. The first-order chi connectivity index (χ1) is 9.34. The Kier molecular flexibility index (Phi) is 3.87. The van der Waals surface area contributed by atoms with Gasteiger partial charge in [-0.25, -0.2) is 8.42 Å². The van der Waals surface area contributed by atoms with Gasteiger partial charge in [-0.05, 0) is 36.8 Å². The quantitative estimate of drug-likeness (QED) is 0.883. The number of aryl methyl sites for hydroxylation is 1. The molecule has 0 fully saturated rings. The van der Waals surface area contributed by atoms with Crippen LogP contribution in [0.15, 0.2) is 41.6 Å². The Morgan fingerprint density at radius 1 is 1.25 bits per heavy atom. The smallest absolute Gasteiger partial charge is 0.265 e. The van der Waals surface area contributed by atoms with E-state index < -0.39 is 10.0 Å². The number of nitrogens with zero attached hydrogens (tertiary/aromatic N) is 2. The summed E-state index contributed by atoms with van der Waals surface area (Å²) < 4.78 is 26.3. The number of aromatic nitrogens is 1. The van der Waals surface area contributed by atoms with Crippen molar-refractivity contribution in [2.45, 2.75) is 11.8 Å². The Morgan fingerprint density at radius 2 is 1.85 bits per heavy atom. The summed E-state index contributed by atoms with van der Waals surface area (Å²) in [6, 6.07) is 6.13. The summed E-state index contributed by atoms with van der Waals surface area (Å²) in [7, 11) is -2.31. The van der Waals surface area contributed by atoms with Crippen molar-refractivity contribution in [1.29, 1.82) is 0 Å². The fourth-order valence-electron chi connectivity index (χ4n) is 1.71. The van der Waals surface area contributed by atoms with E-state index in [1.807, 2.05) is 0 Å². The first kappa shape index (κ1) is 14.6. The van der Waals surface area contributed by atoms with Gasteiger partial charge in [0, 0.05) is 25.1 Å². The predicted octanol–water partition coefficient (Wildman–Crippen LogP) is 2.45. The zero-order valence-electron chi connectivity index (χ0n) is 11.0. The molecule has 0 aliphatic carbocycles. The minimum Gasteiger partial charge on any atom is -0.398 e. The van der Waals surface area contributed by atoms with Gasteiger partial charge in [0.15, 0.2) is 0 Å². The van der Waals surface area contributed by atoms with Crippen molar-refractivity contribution in [2.75, 3.05) is 17.1 Å². The van der Waals surface area contributed by atoms with Gasteiger partial charge in [-0.2, -0.15) is 0 Å². The summed E-state index contributed by atoms with van der Waals surface area (Å²) in [6.45, 7) is 1.77. The topological polar surface area (TPSA) is 76.3 Å². The van der Waals surface area contributed by atoms with Gasteiger partial charge in [0.1, 0.15) is 4.90 Å². The highest BCUT2D eigenvalue weighted by molar-refractivity contribution is 7.93. The summed E-state index contributed by atoms with van der Waals surface area (Å²) >= 11 is 6.04. The zero-order valence-corrected chi connectivity index (χ0v) is 12.6. The van der Waals surface area contributed by atoms with Crippen molar-refractivity contribution >= 4 is 33.0 Å². The van der Waals surface area contributed by atoms with Gasteiger partial charge in [-0.1, -0.05) is 11.6 Å². The Morgan fingerprint density at radius 3 is 2.45 bits per heavy atom. The molecule has 20 heavy (non-hydrogen) atoms. The van der Waals surface area contributed by atoms with Crippen molar-refractivity contribution in [1.82, 2.24) is 4.98 Å². The van der Waals surface area contributed by atoms with Crippen LogP contribution < -0.4 is 10.0 Å². The van der Waals surface area contributed by atoms with Crippen LogP contribution in [-0.4, -0.2) is 20.4 Å². The summed E-state index contributed by atoms with van der Waals surface area (Å²) in [5.74, 6) is 0. The minimum atomic E-state index is -3.77. The van der Waals surface area contributed by atoms with Gasteiger partial charge in [0.25, 0.3) is 10.0 Å². The van der Waals surface area contributed by atoms with Crippen LogP contribution in [0.3, 0.4) is 0 Å². The van der Waals surface area contributed by atoms with Crippen LogP contribution in [0.25, 0.3) is 0 Å². The van der Waals surface area contributed by atoms with Crippen LogP contribution in [-0.2, 0) is 10.0 Å². The first-order valence-corrected chi connectivity index (χ1v) is 7.60. The van der Waals surface area contributed by atoms with Gasteiger partial charge in [0.2, 0.25) is 0 Å². The van der Waals surface area contributed by atoms with Gasteiger partial charge >= 0.3 is 0 Å². The number of nitrogens with two attached hydrogens (primary N) is 1. The molecule has 0 radical (unpaired) electrons. The minimum absolute atomic E-state index is 0.0124. The number of anilines is 2. The molecule has 7 heteroatoms. The second-order valence-corrected chi connectivity index (χ2v) is 6.66. The van der Waals surface area contributed by atoms with Crippen LogP contribution in [0.1, 0.15) is 5.56 Å². The standard InChI is InChI=1S/C13H14ClN3O2S/c1-9-7-11(14)13(8-12(9)15)20(18,19)17(2)10-3-5-16-6-4-10/h3-8H,15H2,1-2H3. The van der Waals surface area contributed by atoms with Crippen molar-refractivity contribution in [3.05, 3.63) is 47.2 Å². The van der Waals surface area contributed by atoms with Crippen molar-refractivity contribution < 1.29 is 8.42 Å². The Bertz CT molecular complexity index is 733. The van der Waals surface area contributed by atoms with E-state index in [0.717, 1.165) is 9.87 Å². The third-order valence-electron chi connectivity index (χ3n) is 2.99. The molecule has 0 spiro atoms. The number of sulfonamides is 1. The Balaban J connectivity index is 2.54. The third-order valence-corrected chi connectivity index (χ3v) is 5.24. The molecular weight excluding hydrogens is 298 g/mol. The van der Waals surface area contributed by atoms with E-state index in [-0.39, 0.29) is 9.92 Å². The van der Waals surface area contributed by atoms with Gasteiger partial charge < -0.3 is 5.73 Å². The number of hydrogen-bond donors (Lipinski definition) is 1. The monoisotopic (exact) mass is 311 g/mol. The molecule has 0 amide bonds. The summed E-state index contributed by atoms with van der Waals surface area (Å²) in [6.07, 6.45) is 3.04. The maximum Gasteiger partial charge on any atom is 0.265 e. The molecule has 2 rings (SSSR count). The van der Waals surface area contributed by atoms with Gasteiger partial charge in [0.05, 0.1) is 10.7 Å². The number of pyridine rings is 1. The molecule has 106 valence electrons. The normalized spacial score (nSPS) is 11.3. The number of rotatable bonds is 3. The number of nitrogen functional groups attached to an aromatic ring is 1. The van der Waals surface area contributed by atoms with Crippen LogP contribution >= 0.6 is 11.6 Å². The molecule has 0 unspecified atom stereocenters. The predicted molar refractivity (Wildman–Crippen MR) is 80.4 cm³/mol. The van der Waals surface area contributed by atoms with E-state index in [2.05, 4.69) is 4.98 Å². The number of halogens is 1. The lowest BCUT2D eigenvalue weighted by Crippen LogP contribution is -2.27. The second kappa shape index (κ2) is 5.30. The highest BCUT2D eigenvalue weighted by Gasteiger charge is 2.24. The molecule has 2 N–H and O–H groups in total. The zero-order chi connectivity index (χ0) is 14.9. The largest absolute Gasteiger partial charge is 0.398 e. The summed E-state index contributed by atoms with van der Waals surface area (Å²) in [4.78, 5) is 3.85. The van der Waals surface area contributed by atoms with E-state index in [9.17, 15) is 8.42 Å². The summed E-state index contributed by atoms with van der Waals surface area (Å²) in [5, 5.41) is 0.151. The Hall–Kier alpha value is -1.79. The fourth-order valence-corrected chi connectivity index (χ4v) is 3.49. The average molecular weight is 312 g/mol. The molecule has 0 atom stereocenters. The molecule has 0 bridgehead atoms. The number of benzene rings is 1. The highest BCUT2D eigenvalue weighted by Crippen LogP contribution is 2.30. The second-order valence-electron chi connectivity index (χ2n) is 4.32. The van der Waals surface area contributed by atoms with Gasteiger partial charge in [-0.3, -0.25) is 9.29 Å². The SMILES string of the molecule is Cc1cc(Cl)c(S(=O)(=O)N(C)c2ccncc2)cc1N. The van der Waals surface area contributed by atoms with Crippen LogP contribution in [0.5, 0.6) is 0 Å². The Labute approximate surface area is 123 Å². The molecule has 1 aromatic carbocycles. The van der Waals surface area contributed by atoms with E-state index >= 15 is 0 Å². The van der Waals surface area contributed by atoms with Crippen LogP contribution in [0, 0.1) is 6.92 Å². The lowest BCUT2D eigenvalue weighted by Gasteiger charge is -2.20. The molecule has 0 aliphatic heterocycles. The van der Waals surface area contributed by atoms with Crippen LogP contribution in [0.4, 0.5) is 11.4 Å². The highest BCUT2D eigenvalue weighted by atomic mass is 35.5. The fraction of sp³-hybridized carbons (Fsp3) is 0.154. The van der Waals surface area contributed by atoms with Crippen molar-refractivity contribution in [3.63, 3.8) is 0 Å². The van der Waals surface area contributed by atoms with Crippen LogP contribution in [0.2, 0.25) is 5.02 Å². The van der Waals surface area contributed by atoms with E-state index in [1.54, 1.807) is 25.1 Å². The van der Waals surface area contributed by atoms with E-state index in [4.69, 9.17) is 17.3 Å². The molecule has 0 saturated carbocycles. The first-order valence-electron chi connectivity index (χ1n) is 5.78. The maximum atomic E-state index is 12.6. The molecule has 0 saturated heterocycles. The lowest BCUT2D eigenvalue weighted by atomic mass is 10.2. The van der Waals surface area contributed by atoms with Gasteiger partial charge in [-0.15, -0.1) is 0 Å². The van der Waals surface area contributed by atoms with Crippen molar-refractivity contribution in [3.8, 4) is 0 Å². The molecule has 1 heterocycles. The number of hydrogen-bond acceptors (Lipinski definition) is 4. The molecule has 2 aromatic rings. The molecule has 1 aromatic heterocycles. The molecular formula is C13H14ClN3O2S.